The van der Waals surface area contributed by atoms with Gasteiger partial charge in [-0.15, -0.1) is 10.2 Å². The molecule has 0 fully saturated rings. The van der Waals surface area contributed by atoms with Crippen LogP contribution in [0.25, 0.3) is 5.82 Å². The van der Waals surface area contributed by atoms with Crippen molar-refractivity contribution in [1.82, 2.24) is 25.1 Å². The van der Waals surface area contributed by atoms with Gasteiger partial charge in [-0.2, -0.15) is 0 Å². The highest BCUT2D eigenvalue weighted by Crippen LogP contribution is 2.18. The third kappa shape index (κ3) is 5.02. The second-order valence-corrected chi connectivity index (χ2v) is 5.63. The summed E-state index contributed by atoms with van der Waals surface area (Å²) in [7, 11) is 1.57. The molecule has 2 heterocycles. The van der Waals surface area contributed by atoms with E-state index >= 15 is 0 Å². The third-order valence-electron chi connectivity index (χ3n) is 3.68. The molecule has 1 aromatic carbocycles. The Hall–Kier alpha value is -3.46. The molecule has 1 amide bonds. The van der Waals surface area contributed by atoms with E-state index in [4.69, 9.17) is 9.47 Å². The maximum atomic E-state index is 12.2. The Morgan fingerprint density at radius 2 is 2.00 bits per heavy atom. The normalized spacial score (nSPS) is 11.6. The molecule has 1 unspecified atom stereocenters. The number of aliphatic hydroxyl groups is 1. The summed E-state index contributed by atoms with van der Waals surface area (Å²) < 4.78 is 12.2. The maximum absolute atomic E-state index is 12.2. The first-order chi connectivity index (χ1) is 13.2. The summed E-state index contributed by atoms with van der Waals surface area (Å²) in [5, 5.41) is 20.0. The zero-order valence-electron chi connectivity index (χ0n) is 14.6. The van der Waals surface area contributed by atoms with Gasteiger partial charge in [-0.25, -0.2) is 4.98 Å². The first-order valence-corrected chi connectivity index (χ1v) is 8.20. The number of hydrogen-bond acceptors (Lipinski definition) is 7. The molecule has 2 N–H and O–H groups in total. The molecule has 9 heteroatoms. The largest absolute Gasteiger partial charge is 0.497 e. The number of amides is 1. The molecule has 3 aromatic rings. The van der Waals surface area contributed by atoms with E-state index in [1.165, 1.54) is 18.9 Å². The lowest BCUT2D eigenvalue weighted by Gasteiger charge is -2.14. The zero-order chi connectivity index (χ0) is 19.1. The number of hydrogen-bond donors (Lipinski definition) is 2. The Balaban J connectivity index is 1.46. The lowest BCUT2D eigenvalue weighted by Crippen LogP contribution is -2.35. The quantitative estimate of drug-likeness (QED) is 0.605. The van der Waals surface area contributed by atoms with Gasteiger partial charge in [0.1, 0.15) is 42.7 Å². The number of nitrogens with zero attached hydrogens (tertiary/aromatic N) is 4. The Morgan fingerprint density at radius 1 is 1.22 bits per heavy atom. The summed E-state index contributed by atoms with van der Waals surface area (Å²) in [6, 6.07) is 10.4. The van der Waals surface area contributed by atoms with Gasteiger partial charge >= 0.3 is 0 Å². The summed E-state index contributed by atoms with van der Waals surface area (Å²) >= 11 is 0. The van der Waals surface area contributed by atoms with Gasteiger partial charge in [-0.1, -0.05) is 6.07 Å². The van der Waals surface area contributed by atoms with Gasteiger partial charge in [-0.05, 0) is 24.3 Å². The smallest absolute Gasteiger partial charge is 0.252 e. The Morgan fingerprint density at radius 3 is 2.70 bits per heavy atom. The van der Waals surface area contributed by atoms with Crippen LogP contribution in [0.1, 0.15) is 10.4 Å². The lowest BCUT2D eigenvalue weighted by molar-refractivity contribution is 0.0843. The highest BCUT2D eigenvalue weighted by atomic mass is 16.5. The second kappa shape index (κ2) is 8.77. The van der Waals surface area contributed by atoms with Crippen molar-refractivity contribution in [2.45, 2.75) is 6.10 Å². The van der Waals surface area contributed by atoms with Crippen LogP contribution in [0, 0.1) is 0 Å². The molecule has 9 nitrogen and oxygen atoms in total. The molecule has 0 spiro atoms. The first kappa shape index (κ1) is 18.3. The molecular weight excluding hydrogens is 350 g/mol. The Labute approximate surface area is 155 Å². The molecule has 2 aromatic heterocycles. The molecule has 27 heavy (non-hydrogen) atoms. The van der Waals surface area contributed by atoms with Gasteiger partial charge in [0.25, 0.3) is 5.91 Å². The SMILES string of the molecule is COc1cccc(OCC(O)CNC(=O)c2ccc(-n3cnnc3)nc2)c1. The molecule has 0 aliphatic heterocycles. The summed E-state index contributed by atoms with van der Waals surface area (Å²) in [6.07, 6.45) is 3.62. The number of rotatable bonds is 8. The molecule has 0 radical (unpaired) electrons. The van der Waals surface area contributed by atoms with E-state index < -0.39 is 6.10 Å². The van der Waals surface area contributed by atoms with Crippen LogP contribution in [0.3, 0.4) is 0 Å². The predicted molar refractivity (Wildman–Crippen MR) is 96.0 cm³/mol. The van der Waals surface area contributed by atoms with Gasteiger partial charge in [0.05, 0.1) is 12.7 Å². The van der Waals surface area contributed by atoms with E-state index in [9.17, 15) is 9.90 Å². The van der Waals surface area contributed by atoms with Crippen molar-refractivity contribution in [3.8, 4) is 17.3 Å². The van der Waals surface area contributed by atoms with Crippen molar-refractivity contribution in [3.05, 3.63) is 60.8 Å². The van der Waals surface area contributed by atoms with Crippen molar-refractivity contribution in [2.75, 3.05) is 20.3 Å². The Bertz CT molecular complexity index is 868. The molecule has 0 aliphatic rings. The molecule has 3 rings (SSSR count). The molecule has 0 saturated carbocycles. The number of carbonyl (C=O) groups excluding carboxylic acids is 1. The Kier molecular flexibility index (Phi) is 5.95. The van der Waals surface area contributed by atoms with Crippen LogP contribution >= 0.6 is 0 Å². The van der Waals surface area contributed by atoms with Crippen LogP contribution in [0.2, 0.25) is 0 Å². The minimum atomic E-state index is -0.857. The second-order valence-electron chi connectivity index (χ2n) is 5.63. The van der Waals surface area contributed by atoms with E-state index in [0.717, 1.165) is 0 Å². The zero-order valence-corrected chi connectivity index (χ0v) is 14.6. The van der Waals surface area contributed by atoms with Gasteiger partial charge in [0.15, 0.2) is 0 Å². The van der Waals surface area contributed by atoms with Crippen molar-refractivity contribution in [3.63, 3.8) is 0 Å². The third-order valence-corrected chi connectivity index (χ3v) is 3.68. The van der Waals surface area contributed by atoms with E-state index in [1.54, 1.807) is 48.1 Å². The molecule has 0 bridgehead atoms. The van der Waals surface area contributed by atoms with Crippen LogP contribution in [0.4, 0.5) is 0 Å². The number of ether oxygens (including phenoxy) is 2. The average molecular weight is 369 g/mol. The first-order valence-electron chi connectivity index (χ1n) is 8.20. The highest BCUT2D eigenvalue weighted by molar-refractivity contribution is 5.93. The molecule has 0 aliphatic carbocycles. The van der Waals surface area contributed by atoms with Gasteiger partial charge < -0.3 is 19.9 Å². The summed E-state index contributed by atoms with van der Waals surface area (Å²) in [4.78, 5) is 16.3. The van der Waals surface area contributed by atoms with E-state index in [-0.39, 0.29) is 19.1 Å². The predicted octanol–water partition coefficient (Wildman–Crippen LogP) is 0.841. The van der Waals surface area contributed by atoms with Crippen LogP contribution in [-0.4, -0.2) is 57.1 Å². The van der Waals surface area contributed by atoms with Gasteiger partial charge in [0.2, 0.25) is 0 Å². The van der Waals surface area contributed by atoms with Crippen molar-refractivity contribution in [1.29, 1.82) is 0 Å². The van der Waals surface area contributed by atoms with E-state index in [0.29, 0.717) is 22.9 Å². The van der Waals surface area contributed by atoms with Gasteiger partial charge in [0, 0.05) is 18.8 Å². The number of pyridine rings is 1. The fourth-order valence-electron chi connectivity index (χ4n) is 2.25. The monoisotopic (exact) mass is 369 g/mol. The maximum Gasteiger partial charge on any atom is 0.252 e. The highest BCUT2D eigenvalue weighted by Gasteiger charge is 2.11. The van der Waals surface area contributed by atoms with Crippen LogP contribution in [-0.2, 0) is 0 Å². The fourth-order valence-corrected chi connectivity index (χ4v) is 2.25. The molecule has 0 saturated heterocycles. The van der Waals surface area contributed by atoms with Crippen LogP contribution < -0.4 is 14.8 Å². The van der Waals surface area contributed by atoms with Crippen LogP contribution in [0.15, 0.2) is 55.2 Å². The lowest BCUT2D eigenvalue weighted by atomic mass is 10.2. The van der Waals surface area contributed by atoms with Gasteiger partial charge in [-0.3, -0.25) is 9.36 Å². The number of nitrogens with one attached hydrogen (secondary N) is 1. The molecule has 140 valence electrons. The van der Waals surface area contributed by atoms with E-state index in [1.807, 2.05) is 0 Å². The van der Waals surface area contributed by atoms with Crippen molar-refractivity contribution >= 4 is 5.91 Å². The number of aromatic nitrogens is 4. The van der Waals surface area contributed by atoms with E-state index in [2.05, 4.69) is 20.5 Å². The topological polar surface area (TPSA) is 111 Å². The minimum absolute atomic E-state index is 0.0399. The summed E-state index contributed by atoms with van der Waals surface area (Å²) in [5.74, 6) is 1.51. The summed E-state index contributed by atoms with van der Waals surface area (Å²) in [6.45, 7) is 0.0915. The van der Waals surface area contributed by atoms with Crippen molar-refractivity contribution < 1.29 is 19.4 Å². The number of methoxy groups -OCH3 is 1. The summed E-state index contributed by atoms with van der Waals surface area (Å²) in [5.41, 5.74) is 0.382. The van der Waals surface area contributed by atoms with Crippen LogP contribution in [0.5, 0.6) is 11.5 Å². The minimum Gasteiger partial charge on any atom is -0.497 e. The van der Waals surface area contributed by atoms with Crippen molar-refractivity contribution in [2.24, 2.45) is 0 Å². The average Bonchev–Trinajstić information content (AvgIpc) is 3.25. The number of benzene rings is 1. The number of aliphatic hydroxyl groups excluding tert-OH is 1. The molecule has 1 atom stereocenters. The fraction of sp³-hybridized carbons (Fsp3) is 0.222. The standard InChI is InChI=1S/C18H19N5O4/c1-26-15-3-2-4-16(7-15)27-10-14(24)9-20-18(25)13-5-6-17(19-8-13)23-11-21-22-12-23/h2-8,11-12,14,24H,9-10H2,1H3,(H,20,25). The number of carbonyl (C=O) groups is 1. The molecular formula is C18H19N5O4.